The Balaban J connectivity index is 1.36. The van der Waals surface area contributed by atoms with Crippen LogP contribution in [-0.4, -0.2) is 85.3 Å². The molecule has 0 bridgehead atoms. The monoisotopic (exact) mass is 473 g/mol. The van der Waals surface area contributed by atoms with Gasteiger partial charge in [-0.25, -0.2) is 8.78 Å². The molecule has 180 valence electrons. The van der Waals surface area contributed by atoms with Crippen LogP contribution in [0.3, 0.4) is 0 Å². The van der Waals surface area contributed by atoms with Crippen molar-refractivity contribution in [3.8, 4) is 11.5 Å². The molecule has 1 unspecified atom stereocenters. The summed E-state index contributed by atoms with van der Waals surface area (Å²) < 4.78 is 43.4. The maximum absolute atomic E-state index is 13.8. The first-order valence-corrected chi connectivity index (χ1v) is 11.2. The number of hydrogen-bond donors (Lipinski definition) is 0. The number of halogens is 2. The van der Waals surface area contributed by atoms with E-state index in [0.717, 1.165) is 17.7 Å². The molecule has 0 radical (unpaired) electrons. The number of carbonyl (C=O) groups excluding carboxylic acids is 2. The average molecular weight is 473 g/mol. The summed E-state index contributed by atoms with van der Waals surface area (Å²) in [7, 11) is 0. The highest BCUT2D eigenvalue weighted by Crippen LogP contribution is 2.33. The van der Waals surface area contributed by atoms with Crippen molar-refractivity contribution in [2.45, 2.75) is 12.6 Å². The van der Waals surface area contributed by atoms with Crippen LogP contribution in [0.2, 0.25) is 0 Å². The van der Waals surface area contributed by atoms with Gasteiger partial charge >= 0.3 is 0 Å². The molecular weight excluding hydrogens is 448 g/mol. The second-order valence-corrected chi connectivity index (χ2v) is 8.50. The molecule has 2 aromatic rings. The number of amides is 2. The fourth-order valence-corrected chi connectivity index (χ4v) is 4.52. The van der Waals surface area contributed by atoms with Gasteiger partial charge < -0.3 is 24.0 Å². The summed E-state index contributed by atoms with van der Waals surface area (Å²) in [4.78, 5) is 32.0. The van der Waals surface area contributed by atoms with E-state index < -0.39 is 23.6 Å². The molecule has 2 amide bonds. The maximum atomic E-state index is 13.8. The molecule has 3 aliphatic heterocycles. The Morgan fingerprint density at radius 1 is 0.912 bits per heavy atom. The van der Waals surface area contributed by atoms with Crippen LogP contribution in [0.4, 0.5) is 8.78 Å². The minimum atomic E-state index is -1.09. The largest absolute Gasteiger partial charge is 0.454 e. The van der Waals surface area contributed by atoms with Gasteiger partial charge in [0, 0.05) is 44.8 Å². The molecule has 0 aliphatic carbocycles. The lowest BCUT2D eigenvalue weighted by atomic mass is 10.1. The first-order valence-electron chi connectivity index (χ1n) is 11.2. The third kappa shape index (κ3) is 4.55. The maximum Gasteiger partial charge on any atom is 0.254 e. The van der Waals surface area contributed by atoms with Gasteiger partial charge in [0.15, 0.2) is 23.1 Å². The van der Waals surface area contributed by atoms with E-state index in [4.69, 9.17) is 14.2 Å². The SMILES string of the molecule is O=C(C1CN(Cc2ccc3c(c2)OCO3)CCN1C(=O)c1ccc(F)c(F)c1)N1CCOCC1. The highest BCUT2D eigenvalue weighted by Gasteiger charge is 2.38. The molecule has 1 atom stereocenters. The summed E-state index contributed by atoms with van der Waals surface area (Å²) in [5, 5.41) is 0. The molecule has 0 N–H and O–H groups in total. The first-order chi connectivity index (χ1) is 16.5. The van der Waals surface area contributed by atoms with E-state index in [1.165, 1.54) is 11.0 Å². The lowest BCUT2D eigenvalue weighted by Crippen LogP contribution is -2.61. The minimum absolute atomic E-state index is 0.0166. The summed E-state index contributed by atoms with van der Waals surface area (Å²) in [6.07, 6.45) is 0. The summed E-state index contributed by atoms with van der Waals surface area (Å²) in [5.74, 6) is -1.39. The number of morpholine rings is 1. The Kier molecular flexibility index (Phi) is 6.34. The fraction of sp³-hybridized carbons (Fsp3) is 0.417. The molecule has 0 saturated carbocycles. The standard InChI is InChI=1S/C24H25F2N3O5/c25-18-3-2-17(12-19(18)26)23(30)29-6-5-27(13-16-1-4-21-22(11-16)34-15-33-21)14-20(29)24(31)28-7-9-32-10-8-28/h1-4,11-12,20H,5-10,13-15H2. The number of rotatable bonds is 4. The number of piperazine rings is 1. The Hall–Kier alpha value is -3.24. The lowest BCUT2D eigenvalue weighted by molar-refractivity contribution is -0.142. The topological polar surface area (TPSA) is 71.6 Å². The van der Waals surface area contributed by atoms with Crippen LogP contribution < -0.4 is 9.47 Å². The van der Waals surface area contributed by atoms with Crippen LogP contribution in [0.15, 0.2) is 36.4 Å². The molecular formula is C24H25F2N3O5. The number of hydrogen-bond acceptors (Lipinski definition) is 6. The molecule has 8 nitrogen and oxygen atoms in total. The number of benzene rings is 2. The van der Waals surface area contributed by atoms with Gasteiger partial charge in [0.25, 0.3) is 5.91 Å². The predicted octanol–water partition coefficient (Wildman–Crippen LogP) is 1.88. The number of carbonyl (C=O) groups is 2. The van der Waals surface area contributed by atoms with Gasteiger partial charge in [-0.05, 0) is 35.9 Å². The van der Waals surface area contributed by atoms with E-state index in [1.807, 2.05) is 18.2 Å². The zero-order chi connectivity index (χ0) is 23.7. The van der Waals surface area contributed by atoms with Gasteiger partial charge in [0.1, 0.15) is 6.04 Å². The number of ether oxygens (including phenoxy) is 3. The summed E-state index contributed by atoms with van der Waals surface area (Å²) in [6, 6.07) is 8.03. The van der Waals surface area contributed by atoms with E-state index in [2.05, 4.69) is 4.90 Å². The van der Waals surface area contributed by atoms with E-state index in [1.54, 1.807) is 4.90 Å². The van der Waals surface area contributed by atoms with Crippen LogP contribution in [0.5, 0.6) is 11.5 Å². The molecule has 2 aromatic carbocycles. The highest BCUT2D eigenvalue weighted by molar-refractivity contribution is 5.97. The molecule has 5 rings (SSSR count). The number of fused-ring (bicyclic) bond motifs is 1. The molecule has 0 aromatic heterocycles. The number of nitrogens with zero attached hydrogens (tertiary/aromatic N) is 3. The van der Waals surface area contributed by atoms with E-state index in [-0.39, 0.29) is 24.8 Å². The summed E-state index contributed by atoms with van der Waals surface area (Å²) >= 11 is 0. The van der Waals surface area contributed by atoms with Crippen molar-refractivity contribution in [1.82, 2.24) is 14.7 Å². The first kappa shape index (κ1) is 22.5. The minimum Gasteiger partial charge on any atom is -0.454 e. The van der Waals surface area contributed by atoms with Crippen LogP contribution in [-0.2, 0) is 16.1 Å². The van der Waals surface area contributed by atoms with Crippen molar-refractivity contribution >= 4 is 11.8 Å². The summed E-state index contributed by atoms with van der Waals surface area (Å²) in [6.45, 7) is 3.67. The molecule has 0 spiro atoms. The predicted molar refractivity (Wildman–Crippen MR) is 116 cm³/mol. The zero-order valence-corrected chi connectivity index (χ0v) is 18.5. The molecule has 2 fully saturated rings. The highest BCUT2D eigenvalue weighted by atomic mass is 19.2. The Morgan fingerprint density at radius 2 is 1.71 bits per heavy atom. The van der Waals surface area contributed by atoms with Crippen molar-refractivity contribution in [2.24, 2.45) is 0 Å². The smallest absolute Gasteiger partial charge is 0.254 e. The van der Waals surface area contributed by atoms with Crippen molar-refractivity contribution in [3.63, 3.8) is 0 Å². The summed E-state index contributed by atoms with van der Waals surface area (Å²) in [5.41, 5.74) is 1.02. The molecule has 2 saturated heterocycles. The Labute approximate surface area is 195 Å². The average Bonchev–Trinajstić information content (AvgIpc) is 3.33. The molecule has 3 aliphatic rings. The van der Waals surface area contributed by atoms with E-state index in [9.17, 15) is 18.4 Å². The zero-order valence-electron chi connectivity index (χ0n) is 18.5. The second-order valence-electron chi connectivity index (χ2n) is 8.50. The van der Waals surface area contributed by atoms with Gasteiger partial charge in [-0.15, -0.1) is 0 Å². The third-order valence-electron chi connectivity index (χ3n) is 6.34. The molecule has 10 heteroatoms. The molecule has 3 heterocycles. The van der Waals surface area contributed by atoms with E-state index in [0.29, 0.717) is 57.4 Å². The van der Waals surface area contributed by atoms with Crippen LogP contribution in [0, 0.1) is 11.6 Å². The fourth-order valence-electron chi connectivity index (χ4n) is 4.52. The Bertz CT molecular complexity index is 1090. The second kappa shape index (κ2) is 9.55. The Morgan fingerprint density at radius 3 is 2.50 bits per heavy atom. The van der Waals surface area contributed by atoms with Gasteiger partial charge in [-0.1, -0.05) is 6.07 Å². The lowest BCUT2D eigenvalue weighted by Gasteiger charge is -2.43. The van der Waals surface area contributed by atoms with Crippen molar-refractivity contribution in [3.05, 3.63) is 59.2 Å². The van der Waals surface area contributed by atoms with Crippen molar-refractivity contribution in [2.75, 3.05) is 52.7 Å². The van der Waals surface area contributed by atoms with Gasteiger partial charge in [-0.2, -0.15) is 0 Å². The van der Waals surface area contributed by atoms with Gasteiger partial charge in [0.2, 0.25) is 12.7 Å². The normalized spacial score (nSPS) is 20.5. The van der Waals surface area contributed by atoms with Crippen molar-refractivity contribution in [1.29, 1.82) is 0 Å². The van der Waals surface area contributed by atoms with Crippen molar-refractivity contribution < 1.29 is 32.6 Å². The molecule has 34 heavy (non-hydrogen) atoms. The third-order valence-corrected chi connectivity index (χ3v) is 6.34. The van der Waals surface area contributed by atoms with Gasteiger partial charge in [0.05, 0.1) is 13.2 Å². The van der Waals surface area contributed by atoms with Gasteiger partial charge in [-0.3, -0.25) is 14.5 Å². The van der Waals surface area contributed by atoms with Crippen LogP contribution in [0.1, 0.15) is 15.9 Å². The van der Waals surface area contributed by atoms with Crippen LogP contribution >= 0.6 is 0 Å². The quantitative estimate of drug-likeness (QED) is 0.676. The van der Waals surface area contributed by atoms with Crippen LogP contribution in [0.25, 0.3) is 0 Å². The van der Waals surface area contributed by atoms with E-state index >= 15 is 0 Å².